The third kappa shape index (κ3) is 4.75. The van der Waals surface area contributed by atoms with Crippen LogP contribution in [0.2, 0.25) is 0 Å². The number of nitrogens with one attached hydrogen (secondary N) is 1. The third-order valence-corrected chi connectivity index (χ3v) is 5.27. The van der Waals surface area contributed by atoms with E-state index in [9.17, 15) is 14.0 Å². The number of carbonyl (C=O) groups is 2. The number of benzene rings is 2. The van der Waals surface area contributed by atoms with Crippen molar-refractivity contribution in [2.45, 2.75) is 26.3 Å². The average Bonchev–Trinajstić information content (AvgIpc) is 2.71. The fourth-order valence-corrected chi connectivity index (χ4v) is 3.54. The Balaban J connectivity index is 1.55. The fraction of sp³-hybridized carbons (Fsp3) is 0.364. The molecule has 1 heterocycles. The Hall–Kier alpha value is -2.73. The van der Waals surface area contributed by atoms with Gasteiger partial charge < -0.3 is 10.1 Å². The first-order chi connectivity index (χ1) is 13.5. The van der Waals surface area contributed by atoms with E-state index in [0.29, 0.717) is 16.8 Å². The lowest BCUT2D eigenvalue weighted by Crippen LogP contribution is -2.37. The van der Waals surface area contributed by atoms with Crippen LogP contribution in [0.25, 0.3) is 0 Å². The van der Waals surface area contributed by atoms with Gasteiger partial charge in [0.05, 0.1) is 12.7 Å². The first-order valence-corrected chi connectivity index (χ1v) is 9.43. The number of hydrogen-bond donors (Lipinski definition) is 1. The van der Waals surface area contributed by atoms with Crippen LogP contribution >= 0.6 is 0 Å². The van der Waals surface area contributed by atoms with E-state index in [-0.39, 0.29) is 17.6 Å². The molecule has 3 rings (SSSR count). The summed E-state index contributed by atoms with van der Waals surface area (Å²) >= 11 is 0. The number of esters is 1. The summed E-state index contributed by atoms with van der Waals surface area (Å²) in [4.78, 5) is 26.8. The van der Waals surface area contributed by atoms with Crippen molar-refractivity contribution in [3.8, 4) is 0 Å². The predicted octanol–water partition coefficient (Wildman–Crippen LogP) is 3.77. The summed E-state index contributed by atoms with van der Waals surface area (Å²) in [6.45, 7) is 4.19. The maximum Gasteiger partial charge on any atom is 0.338 e. The van der Waals surface area contributed by atoms with E-state index >= 15 is 0 Å². The zero-order valence-corrected chi connectivity index (χ0v) is 16.2. The molecule has 0 aliphatic carbocycles. The summed E-state index contributed by atoms with van der Waals surface area (Å²) in [5, 5.41) is 2.96. The lowest BCUT2D eigenvalue weighted by atomic mass is 9.95. The van der Waals surface area contributed by atoms with Crippen LogP contribution in [0, 0.1) is 18.7 Å². The van der Waals surface area contributed by atoms with E-state index in [1.54, 1.807) is 37.3 Å². The molecule has 0 bridgehead atoms. The van der Waals surface area contributed by atoms with Crippen LogP contribution in [0.1, 0.15) is 34.3 Å². The second-order valence-electron chi connectivity index (χ2n) is 7.14. The molecule has 1 amide bonds. The van der Waals surface area contributed by atoms with Gasteiger partial charge in [-0.25, -0.2) is 9.18 Å². The van der Waals surface area contributed by atoms with Gasteiger partial charge in [0, 0.05) is 18.2 Å². The van der Waals surface area contributed by atoms with Gasteiger partial charge >= 0.3 is 5.97 Å². The fourth-order valence-electron chi connectivity index (χ4n) is 3.54. The van der Waals surface area contributed by atoms with E-state index in [0.717, 1.165) is 38.0 Å². The number of anilines is 1. The van der Waals surface area contributed by atoms with Crippen molar-refractivity contribution in [3.63, 3.8) is 0 Å². The Bertz CT molecular complexity index is 843. The highest BCUT2D eigenvalue weighted by Crippen LogP contribution is 2.24. The topological polar surface area (TPSA) is 58.6 Å². The quantitative estimate of drug-likeness (QED) is 0.798. The Kier molecular flexibility index (Phi) is 6.41. The van der Waals surface area contributed by atoms with Gasteiger partial charge in [-0.3, -0.25) is 9.69 Å². The Morgan fingerprint density at radius 1 is 1.14 bits per heavy atom. The Labute approximate surface area is 164 Å². The molecule has 1 N–H and O–H groups in total. The number of hydrogen-bond acceptors (Lipinski definition) is 4. The number of nitrogens with zero attached hydrogens (tertiary/aromatic N) is 1. The van der Waals surface area contributed by atoms with Crippen molar-refractivity contribution < 1.29 is 18.7 Å². The number of rotatable bonds is 5. The van der Waals surface area contributed by atoms with Crippen molar-refractivity contribution in [3.05, 3.63) is 65.0 Å². The number of likely N-dealkylation sites (tertiary alicyclic amines) is 1. The zero-order valence-electron chi connectivity index (χ0n) is 16.2. The van der Waals surface area contributed by atoms with E-state index in [2.05, 4.69) is 10.2 Å². The smallest absolute Gasteiger partial charge is 0.338 e. The highest BCUT2D eigenvalue weighted by molar-refractivity contribution is 5.97. The van der Waals surface area contributed by atoms with E-state index in [4.69, 9.17) is 4.74 Å². The zero-order chi connectivity index (χ0) is 20.1. The number of methoxy groups -OCH3 is 1. The normalized spacial score (nSPS) is 15.2. The summed E-state index contributed by atoms with van der Waals surface area (Å²) < 4.78 is 17.8. The molecular formula is C22H25FN2O3. The first-order valence-electron chi connectivity index (χ1n) is 9.43. The summed E-state index contributed by atoms with van der Waals surface area (Å²) in [5.41, 5.74) is 2.87. The first kappa shape index (κ1) is 20.0. The highest BCUT2D eigenvalue weighted by Gasteiger charge is 2.25. The number of piperidine rings is 1. The number of carbonyl (C=O) groups excluding carboxylic acids is 2. The molecule has 148 valence electrons. The lowest BCUT2D eigenvalue weighted by Gasteiger charge is -2.31. The molecular weight excluding hydrogens is 359 g/mol. The van der Waals surface area contributed by atoms with Crippen molar-refractivity contribution in [2.24, 2.45) is 5.92 Å². The van der Waals surface area contributed by atoms with E-state index in [1.165, 1.54) is 19.2 Å². The SMILES string of the molecule is COC(=O)c1cccc(NC(=O)C2CCN(Cc3ccc(F)cc3)CC2)c1C. The Morgan fingerprint density at radius 3 is 2.46 bits per heavy atom. The Morgan fingerprint density at radius 2 is 1.82 bits per heavy atom. The maximum absolute atomic E-state index is 13.0. The average molecular weight is 384 g/mol. The van der Waals surface area contributed by atoms with Gasteiger partial charge in [-0.05, 0) is 68.2 Å². The third-order valence-electron chi connectivity index (χ3n) is 5.27. The van der Waals surface area contributed by atoms with Gasteiger partial charge in [0.2, 0.25) is 5.91 Å². The molecule has 0 radical (unpaired) electrons. The second-order valence-corrected chi connectivity index (χ2v) is 7.14. The molecule has 0 aromatic heterocycles. The molecule has 1 aliphatic rings. The minimum atomic E-state index is -0.414. The molecule has 2 aromatic carbocycles. The summed E-state index contributed by atoms with van der Waals surface area (Å²) in [5.74, 6) is -0.731. The van der Waals surface area contributed by atoms with Crippen molar-refractivity contribution in [2.75, 3.05) is 25.5 Å². The molecule has 1 fully saturated rings. The van der Waals surface area contributed by atoms with E-state index < -0.39 is 5.97 Å². The van der Waals surface area contributed by atoms with Gasteiger partial charge in [-0.1, -0.05) is 18.2 Å². The minimum Gasteiger partial charge on any atom is -0.465 e. The molecule has 1 saturated heterocycles. The van der Waals surface area contributed by atoms with Crippen LogP contribution in [0.5, 0.6) is 0 Å². The number of amides is 1. The molecule has 0 unspecified atom stereocenters. The molecule has 28 heavy (non-hydrogen) atoms. The van der Waals surface area contributed by atoms with Crippen molar-refractivity contribution >= 4 is 17.6 Å². The van der Waals surface area contributed by atoms with Gasteiger partial charge in [0.1, 0.15) is 5.82 Å². The largest absolute Gasteiger partial charge is 0.465 e. The summed E-state index contributed by atoms with van der Waals surface area (Å²) in [6.07, 6.45) is 1.53. The van der Waals surface area contributed by atoms with Gasteiger partial charge in [0.15, 0.2) is 0 Å². The second kappa shape index (κ2) is 8.97. The molecule has 0 atom stereocenters. The van der Waals surface area contributed by atoms with Crippen LogP contribution in [-0.2, 0) is 16.1 Å². The number of ether oxygens (including phenoxy) is 1. The van der Waals surface area contributed by atoms with Crippen LogP contribution in [0.3, 0.4) is 0 Å². The lowest BCUT2D eigenvalue weighted by molar-refractivity contribution is -0.121. The minimum absolute atomic E-state index is 0.0217. The van der Waals surface area contributed by atoms with Gasteiger partial charge in [-0.2, -0.15) is 0 Å². The molecule has 5 nitrogen and oxygen atoms in total. The maximum atomic E-state index is 13.0. The number of halogens is 1. The molecule has 0 saturated carbocycles. The molecule has 6 heteroatoms. The molecule has 0 spiro atoms. The van der Waals surface area contributed by atoms with Crippen molar-refractivity contribution in [1.29, 1.82) is 0 Å². The van der Waals surface area contributed by atoms with E-state index in [1.807, 2.05) is 0 Å². The van der Waals surface area contributed by atoms with Crippen LogP contribution in [0.15, 0.2) is 42.5 Å². The summed E-state index contributed by atoms with van der Waals surface area (Å²) in [6, 6.07) is 11.8. The molecule has 1 aliphatic heterocycles. The predicted molar refractivity (Wildman–Crippen MR) is 106 cm³/mol. The standard InChI is InChI=1S/C22H25FN2O3/c1-15-19(22(27)28-2)4-3-5-20(15)24-21(26)17-10-12-25(13-11-17)14-16-6-8-18(23)9-7-16/h3-9,17H,10-14H2,1-2H3,(H,24,26). The molecule has 2 aromatic rings. The summed E-state index contributed by atoms with van der Waals surface area (Å²) in [7, 11) is 1.34. The monoisotopic (exact) mass is 384 g/mol. The highest BCUT2D eigenvalue weighted by atomic mass is 19.1. The van der Waals surface area contributed by atoms with Crippen LogP contribution < -0.4 is 5.32 Å². The van der Waals surface area contributed by atoms with Gasteiger partial charge in [0.25, 0.3) is 0 Å². The van der Waals surface area contributed by atoms with Gasteiger partial charge in [-0.15, -0.1) is 0 Å². The van der Waals surface area contributed by atoms with Crippen LogP contribution in [0.4, 0.5) is 10.1 Å². The van der Waals surface area contributed by atoms with Crippen LogP contribution in [-0.4, -0.2) is 37.0 Å². The van der Waals surface area contributed by atoms with Crippen molar-refractivity contribution in [1.82, 2.24) is 4.90 Å².